The topological polar surface area (TPSA) is 51.8 Å². The number of benzene rings is 4. The summed E-state index contributed by atoms with van der Waals surface area (Å²) in [6.45, 7) is 5.77. The SMILES string of the molecule is [2H]C([2H])(c1ccc(-c2ccnc(-c3[c-]cccc3)c2)cc1)C(C)(C)C.[Ir].[c-]1ccc2c(oc3c4cccnc4ccc23)c1-c1ccccn1. The predicted octanol–water partition coefficient (Wildman–Crippen LogP) is 10.8. The second kappa shape index (κ2) is 13.8. The van der Waals surface area contributed by atoms with Crippen LogP contribution >= 0.6 is 0 Å². The van der Waals surface area contributed by atoms with Crippen LogP contribution in [0.3, 0.4) is 0 Å². The van der Waals surface area contributed by atoms with Crippen LogP contribution in [0.5, 0.6) is 0 Å². The van der Waals surface area contributed by atoms with Crippen molar-refractivity contribution < 1.29 is 27.3 Å². The molecule has 8 rings (SSSR count). The molecular weight excluding hydrogens is 755 g/mol. The van der Waals surface area contributed by atoms with Gasteiger partial charge in [-0.2, -0.15) is 0 Å². The van der Waals surface area contributed by atoms with Crippen molar-refractivity contribution >= 4 is 32.8 Å². The normalized spacial score (nSPS) is 12.1. The maximum absolute atomic E-state index is 8.39. The van der Waals surface area contributed by atoms with Crippen LogP contribution in [0.1, 0.15) is 29.1 Å². The Bertz CT molecular complexity index is 2350. The van der Waals surface area contributed by atoms with Crippen molar-refractivity contribution in [3.63, 3.8) is 0 Å². The summed E-state index contributed by atoms with van der Waals surface area (Å²) < 4.78 is 23.0. The Balaban J connectivity index is 0.000000167. The first kappa shape index (κ1) is 29.4. The molecule has 1 radical (unpaired) electrons. The summed E-state index contributed by atoms with van der Waals surface area (Å²) in [6, 6.07) is 43.9. The van der Waals surface area contributed by atoms with E-state index in [0.717, 1.165) is 66.5 Å². The number of hydrogen-bond acceptors (Lipinski definition) is 4. The minimum atomic E-state index is -1.38. The summed E-state index contributed by atoms with van der Waals surface area (Å²) in [4.78, 5) is 13.3. The van der Waals surface area contributed by atoms with E-state index in [1.54, 1.807) is 18.6 Å². The number of rotatable bonds is 4. The van der Waals surface area contributed by atoms with Crippen molar-refractivity contribution in [2.45, 2.75) is 27.1 Å². The molecule has 47 heavy (non-hydrogen) atoms. The van der Waals surface area contributed by atoms with E-state index in [1.165, 1.54) is 0 Å². The summed E-state index contributed by atoms with van der Waals surface area (Å²) in [5, 5.41) is 3.19. The van der Waals surface area contributed by atoms with Gasteiger partial charge in [-0.05, 0) is 76.3 Å². The molecule has 0 aliphatic heterocycles. The molecule has 0 aliphatic carbocycles. The third-order valence-corrected chi connectivity index (χ3v) is 7.58. The number of aromatic nitrogens is 3. The van der Waals surface area contributed by atoms with Crippen LogP contribution in [-0.2, 0) is 26.5 Å². The molecule has 0 bridgehead atoms. The molecule has 0 amide bonds. The van der Waals surface area contributed by atoms with Gasteiger partial charge in [-0.3, -0.25) is 4.98 Å². The first-order valence-electron chi connectivity index (χ1n) is 16.3. The largest absolute Gasteiger partial charge is 0.500 e. The van der Waals surface area contributed by atoms with Crippen LogP contribution < -0.4 is 0 Å². The third-order valence-electron chi connectivity index (χ3n) is 7.58. The molecule has 0 fully saturated rings. The van der Waals surface area contributed by atoms with E-state index in [4.69, 9.17) is 7.16 Å². The Morgan fingerprint density at radius 1 is 0.638 bits per heavy atom. The van der Waals surface area contributed by atoms with Crippen molar-refractivity contribution in [2.75, 3.05) is 0 Å². The summed E-state index contributed by atoms with van der Waals surface area (Å²) in [7, 11) is 0. The summed E-state index contributed by atoms with van der Waals surface area (Å²) >= 11 is 0. The Labute approximate surface area is 291 Å². The van der Waals surface area contributed by atoms with E-state index in [2.05, 4.69) is 33.2 Å². The van der Waals surface area contributed by atoms with E-state index < -0.39 is 11.8 Å². The quantitative estimate of drug-likeness (QED) is 0.167. The molecule has 4 nitrogen and oxygen atoms in total. The molecule has 8 aromatic rings. The molecule has 233 valence electrons. The van der Waals surface area contributed by atoms with Crippen molar-refractivity contribution in [1.82, 2.24) is 15.0 Å². The van der Waals surface area contributed by atoms with Gasteiger partial charge in [0.05, 0.1) is 11.1 Å². The molecule has 0 saturated heterocycles. The second-order valence-corrected chi connectivity index (χ2v) is 12.1. The van der Waals surface area contributed by atoms with Crippen LogP contribution in [0.4, 0.5) is 0 Å². The maximum Gasteiger partial charge on any atom is 0.130 e. The van der Waals surface area contributed by atoms with Crippen molar-refractivity contribution in [1.29, 1.82) is 0 Å². The van der Waals surface area contributed by atoms with Gasteiger partial charge in [0.1, 0.15) is 5.58 Å². The fourth-order valence-corrected chi connectivity index (χ4v) is 5.54. The molecule has 0 spiro atoms. The van der Waals surface area contributed by atoms with E-state index >= 15 is 0 Å². The van der Waals surface area contributed by atoms with Gasteiger partial charge in [-0.1, -0.05) is 74.2 Å². The molecule has 0 atom stereocenters. The van der Waals surface area contributed by atoms with Crippen LogP contribution in [0, 0.1) is 17.5 Å². The van der Waals surface area contributed by atoms with Crippen molar-refractivity contribution in [3.05, 3.63) is 152 Å². The number of nitrogens with zero attached hydrogens (tertiary/aromatic N) is 3. The fourth-order valence-electron chi connectivity index (χ4n) is 5.54. The summed E-state index contributed by atoms with van der Waals surface area (Å²) in [6.07, 6.45) is 4.00. The Morgan fingerprint density at radius 2 is 1.43 bits per heavy atom. The summed E-state index contributed by atoms with van der Waals surface area (Å²) in [5.41, 5.74) is 8.56. The molecule has 4 aromatic heterocycles. The molecule has 0 aliphatic rings. The maximum atomic E-state index is 8.39. The molecular formula is C42H33IrN3O-2. The number of fused-ring (bicyclic) bond motifs is 5. The average Bonchev–Trinajstić information content (AvgIpc) is 3.52. The summed E-state index contributed by atoms with van der Waals surface area (Å²) in [5.74, 6) is 0. The van der Waals surface area contributed by atoms with Crippen LogP contribution in [0.2, 0.25) is 0 Å². The van der Waals surface area contributed by atoms with Gasteiger partial charge in [0, 0.05) is 52.2 Å². The number of furan rings is 1. The van der Waals surface area contributed by atoms with E-state index in [0.29, 0.717) is 5.56 Å². The minimum absolute atomic E-state index is 0. The second-order valence-electron chi connectivity index (χ2n) is 12.1. The van der Waals surface area contributed by atoms with Crippen LogP contribution in [0.15, 0.2) is 138 Å². The number of hydrogen-bond donors (Lipinski definition) is 0. The van der Waals surface area contributed by atoms with Gasteiger partial charge in [-0.25, -0.2) is 0 Å². The molecule has 4 aromatic carbocycles. The zero-order valence-electron chi connectivity index (χ0n) is 28.3. The molecule has 0 unspecified atom stereocenters. The van der Waals surface area contributed by atoms with Crippen molar-refractivity contribution in [2.24, 2.45) is 5.41 Å². The first-order valence-corrected chi connectivity index (χ1v) is 15.3. The van der Waals surface area contributed by atoms with Crippen LogP contribution in [0.25, 0.3) is 66.5 Å². The van der Waals surface area contributed by atoms with Gasteiger partial charge in [-0.15, -0.1) is 54.1 Å². The zero-order valence-corrected chi connectivity index (χ0v) is 28.7. The molecule has 5 heteroatoms. The first-order chi connectivity index (χ1) is 23.2. The van der Waals surface area contributed by atoms with E-state index in [1.807, 2.05) is 130 Å². The van der Waals surface area contributed by atoms with Gasteiger partial charge >= 0.3 is 0 Å². The number of pyridine rings is 3. The third kappa shape index (κ3) is 7.07. The van der Waals surface area contributed by atoms with E-state index in [9.17, 15) is 0 Å². The molecule has 0 saturated carbocycles. The van der Waals surface area contributed by atoms with Gasteiger partial charge in [0.2, 0.25) is 0 Å². The van der Waals surface area contributed by atoms with Crippen LogP contribution in [-0.4, -0.2) is 15.0 Å². The van der Waals surface area contributed by atoms with Gasteiger partial charge in [0.15, 0.2) is 0 Å². The Hall–Kier alpha value is -4.96. The van der Waals surface area contributed by atoms with Gasteiger partial charge < -0.3 is 14.4 Å². The predicted molar refractivity (Wildman–Crippen MR) is 188 cm³/mol. The molecule has 0 N–H and O–H groups in total. The molecule has 4 heterocycles. The minimum Gasteiger partial charge on any atom is -0.500 e. The Kier molecular flexibility index (Phi) is 8.65. The Morgan fingerprint density at radius 3 is 2.19 bits per heavy atom. The average molecular weight is 790 g/mol. The monoisotopic (exact) mass is 790 g/mol. The smallest absolute Gasteiger partial charge is 0.130 e. The standard InChI is InChI=1S/C22H22N.C20H11N2O.Ir/c1-22(2,3)16-17-9-11-18(12-10-17)20-13-14-23-21(15-20)19-7-5-4-6-8-19;1-2-11-21-17(8-1)15-6-3-5-13-14-9-10-18-16(7-4-12-22-18)20(14)23-19(13)15;/h4-7,9-15H,16H2,1-3H3;1-5,7-12H;/q2*-1;/i16D2;;. The van der Waals surface area contributed by atoms with Gasteiger partial charge in [0.25, 0.3) is 0 Å². The fraction of sp³-hybridized carbons (Fsp3) is 0.119. The van der Waals surface area contributed by atoms with Crippen molar-refractivity contribution in [3.8, 4) is 33.6 Å². The van der Waals surface area contributed by atoms with E-state index in [-0.39, 0.29) is 20.1 Å². The zero-order chi connectivity index (χ0) is 33.3.